The van der Waals surface area contributed by atoms with Crippen LogP contribution in [0.4, 0.5) is 10.1 Å². The summed E-state index contributed by atoms with van der Waals surface area (Å²) in [5.41, 5.74) is 10.0. The molecule has 0 aromatic heterocycles. The van der Waals surface area contributed by atoms with Gasteiger partial charge in [-0.3, -0.25) is 9.69 Å². The van der Waals surface area contributed by atoms with E-state index in [0.29, 0.717) is 46.2 Å². The standard InChI is InChI=1S/C32H29ClFN3O3/c1-32(2)15-26-30(27(38)16-32)29(23(17-35)31(36)37(26)25-7-5-4-6-24(25)33)19-8-13-28(39-3)20(14-19)18-40-22-11-9-21(34)10-12-22/h4-14,29H,15-16,18,36H2,1-3H3/t29-/m1/s1. The number of nitrogens with zero attached hydrogens (tertiary/aromatic N) is 2. The molecule has 6 nitrogen and oxygen atoms in total. The van der Waals surface area contributed by atoms with Crippen LogP contribution in [0.3, 0.4) is 0 Å². The quantitative estimate of drug-likeness (QED) is 0.351. The summed E-state index contributed by atoms with van der Waals surface area (Å²) in [4.78, 5) is 15.6. The van der Waals surface area contributed by atoms with Crippen LogP contribution in [0, 0.1) is 22.6 Å². The number of para-hydroxylation sites is 1. The van der Waals surface area contributed by atoms with E-state index < -0.39 is 5.92 Å². The minimum absolute atomic E-state index is 0.0338. The Labute approximate surface area is 238 Å². The van der Waals surface area contributed by atoms with Crippen LogP contribution in [0.2, 0.25) is 5.02 Å². The summed E-state index contributed by atoms with van der Waals surface area (Å²) in [6, 6.07) is 20.8. The van der Waals surface area contributed by atoms with Gasteiger partial charge in [-0.15, -0.1) is 0 Å². The van der Waals surface area contributed by atoms with Gasteiger partial charge in [0.05, 0.1) is 35.4 Å². The van der Waals surface area contributed by atoms with E-state index in [9.17, 15) is 14.4 Å². The molecule has 0 unspecified atom stereocenters. The summed E-state index contributed by atoms with van der Waals surface area (Å²) in [5, 5.41) is 10.9. The van der Waals surface area contributed by atoms with Crippen molar-refractivity contribution in [1.29, 1.82) is 5.26 Å². The van der Waals surface area contributed by atoms with Crippen LogP contribution in [0.25, 0.3) is 0 Å². The SMILES string of the molecule is COc1ccc([C@@H]2C(C#N)=C(N)N(c3ccccc3Cl)C3=C2C(=O)CC(C)(C)C3)cc1COc1ccc(F)cc1. The van der Waals surface area contributed by atoms with E-state index in [1.807, 2.05) is 44.2 Å². The van der Waals surface area contributed by atoms with E-state index in [-0.39, 0.29) is 35.0 Å². The average molecular weight is 558 g/mol. The molecule has 0 radical (unpaired) electrons. The molecule has 0 bridgehead atoms. The van der Waals surface area contributed by atoms with Gasteiger partial charge in [0.15, 0.2) is 5.78 Å². The third-order valence-corrected chi connectivity index (χ3v) is 7.64. The lowest BCUT2D eigenvalue weighted by Gasteiger charge is -2.44. The molecule has 1 heterocycles. The fraction of sp³-hybridized carbons (Fsp3) is 0.250. The molecule has 204 valence electrons. The molecule has 0 saturated heterocycles. The number of hydrogen-bond acceptors (Lipinski definition) is 6. The van der Waals surface area contributed by atoms with Gasteiger partial charge in [-0.05, 0) is 65.9 Å². The van der Waals surface area contributed by atoms with Crippen molar-refractivity contribution in [3.05, 3.63) is 111 Å². The number of halogens is 2. The van der Waals surface area contributed by atoms with E-state index in [1.165, 1.54) is 12.1 Å². The highest BCUT2D eigenvalue weighted by Crippen LogP contribution is 2.51. The maximum atomic E-state index is 13.8. The van der Waals surface area contributed by atoms with Crippen molar-refractivity contribution in [2.45, 2.75) is 39.2 Å². The largest absolute Gasteiger partial charge is 0.496 e. The number of hydrogen-bond donors (Lipinski definition) is 1. The second-order valence-electron chi connectivity index (χ2n) is 10.7. The van der Waals surface area contributed by atoms with Crippen LogP contribution < -0.4 is 20.1 Å². The van der Waals surface area contributed by atoms with E-state index >= 15 is 0 Å². The topological polar surface area (TPSA) is 88.6 Å². The monoisotopic (exact) mass is 557 g/mol. The molecule has 0 saturated carbocycles. The van der Waals surface area contributed by atoms with Crippen molar-refractivity contribution in [2.75, 3.05) is 12.0 Å². The summed E-state index contributed by atoms with van der Waals surface area (Å²) in [5.74, 6) is 0.266. The molecule has 8 heteroatoms. The summed E-state index contributed by atoms with van der Waals surface area (Å²) in [6.07, 6.45) is 0.917. The molecule has 2 aliphatic rings. The first-order valence-electron chi connectivity index (χ1n) is 12.9. The number of carbonyl (C=O) groups is 1. The minimum Gasteiger partial charge on any atom is -0.496 e. The van der Waals surface area contributed by atoms with Crippen molar-refractivity contribution < 1.29 is 18.7 Å². The highest BCUT2D eigenvalue weighted by atomic mass is 35.5. The van der Waals surface area contributed by atoms with Crippen LogP contribution >= 0.6 is 11.6 Å². The van der Waals surface area contributed by atoms with Crippen LogP contribution in [0.15, 0.2) is 89.4 Å². The molecule has 40 heavy (non-hydrogen) atoms. The Morgan fingerprint density at radius 1 is 1.12 bits per heavy atom. The van der Waals surface area contributed by atoms with Crippen molar-refractivity contribution in [3.8, 4) is 17.6 Å². The summed E-state index contributed by atoms with van der Waals surface area (Å²) in [6.45, 7) is 4.23. The third-order valence-electron chi connectivity index (χ3n) is 7.32. The zero-order valence-electron chi connectivity index (χ0n) is 22.5. The normalized spacial score (nSPS) is 18.4. The second-order valence-corrected chi connectivity index (χ2v) is 11.2. The first-order chi connectivity index (χ1) is 19.1. The molecule has 1 atom stereocenters. The van der Waals surface area contributed by atoms with Crippen molar-refractivity contribution >= 4 is 23.1 Å². The van der Waals surface area contributed by atoms with Gasteiger partial charge in [0.1, 0.15) is 29.7 Å². The molecule has 0 amide bonds. The Hall–Kier alpha value is -4.28. The van der Waals surface area contributed by atoms with Crippen LogP contribution in [-0.4, -0.2) is 12.9 Å². The number of ketones is 1. The predicted molar refractivity (Wildman–Crippen MR) is 152 cm³/mol. The first-order valence-corrected chi connectivity index (χ1v) is 13.3. The van der Waals surface area contributed by atoms with Gasteiger partial charge in [0.25, 0.3) is 0 Å². The predicted octanol–water partition coefficient (Wildman–Crippen LogP) is 7.01. The fourth-order valence-corrected chi connectivity index (χ4v) is 5.75. The van der Waals surface area contributed by atoms with Gasteiger partial charge in [-0.25, -0.2) is 4.39 Å². The number of carbonyl (C=O) groups excluding carboxylic acids is 1. The van der Waals surface area contributed by atoms with Crippen molar-refractivity contribution in [3.63, 3.8) is 0 Å². The zero-order valence-corrected chi connectivity index (χ0v) is 23.3. The Balaban J connectivity index is 1.64. The van der Waals surface area contributed by atoms with Crippen molar-refractivity contribution in [1.82, 2.24) is 0 Å². The van der Waals surface area contributed by atoms with Crippen LogP contribution in [-0.2, 0) is 11.4 Å². The summed E-state index contributed by atoms with van der Waals surface area (Å²) < 4.78 is 24.8. The molecule has 0 spiro atoms. The second kappa shape index (κ2) is 10.7. The van der Waals surface area contributed by atoms with Gasteiger partial charge < -0.3 is 15.2 Å². The number of nitrogens with two attached hydrogens (primary N) is 1. The molecule has 1 aliphatic heterocycles. The Kier molecular flexibility index (Phi) is 7.31. The third kappa shape index (κ3) is 5.03. The number of nitriles is 1. The number of methoxy groups -OCH3 is 1. The first kappa shape index (κ1) is 27.3. The number of allylic oxidation sites excluding steroid dienone is 3. The van der Waals surface area contributed by atoms with E-state index in [1.54, 1.807) is 36.3 Å². The van der Waals surface area contributed by atoms with Crippen LogP contribution in [0.5, 0.6) is 11.5 Å². The van der Waals surface area contributed by atoms with Crippen molar-refractivity contribution in [2.24, 2.45) is 11.1 Å². The Morgan fingerprint density at radius 2 is 1.85 bits per heavy atom. The van der Waals surface area contributed by atoms with E-state index in [2.05, 4.69) is 6.07 Å². The number of benzene rings is 3. The summed E-state index contributed by atoms with van der Waals surface area (Å²) >= 11 is 6.60. The smallest absolute Gasteiger partial charge is 0.162 e. The van der Waals surface area contributed by atoms with E-state index in [4.69, 9.17) is 26.8 Å². The van der Waals surface area contributed by atoms with E-state index in [0.717, 1.165) is 11.3 Å². The highest BCUT2D eigenvalue weighted by molar-refractivity contribution is 6.33. The zero-order chi connectivity index (χ0) is 28.6. The maximum Gasteiger partial charge on any atom is 0.162 e. The van der Waals surface area contributed by atoms with Gasteiger partial charge in [-0.1, -0.05) is 43.6 Å². The Morgan fingerprint density at radius 3 is 2.52 bits per heavy atom. The molecule has 1 aliphatic carbocycles. The molecular weight excluding hydrogens is 529 g/mol. The average Bonchev–Trinajstić information content (AvgIpc) is 2.92. The molecule has 0 fully saturated rings. The number of anilines is 1. The molecule has 5 rings (SSSR count). The Bertz CT molecular complexity index is 1590. The van der Waals surface area contributed by atoms with Gasteiger partial charge in [0, 0.05) is 23.3 Å². The minimum atomic E-state index is -0.669. The molecular formula is C32H29ClFN3O3. The van der Waals surface area contributed by atoms with Crippen LogP contribution in [0.1, 0.15) is 43.7 Å². The number of Topliss-reactive ketones (excluding diaryl/α,β-unsaturated/α-hetero) is 1. The molecule has 2 N–H and O–H groups in total. The van der Waals surface area contributed by atoms with Gasteiger partial charge in [0.2, 0.25) is 0 Å². The maximum absolute atomic E-state index is 13.8. The molecule has 3 aromatic carbocycles. The molecule has 3 aromatic rings. The summed E-state index contributed by atoms with van der Waals surface area (Å²) in [7, 11) is 1.56. The lowest BCUT2D eigenvalue weighted by Crippen LogP contribution is -2.42. The number of rotatable bonds is 6. The fourth-order valence-electron chi connectivity index (χ4n) is 5.53. The van der Waals surface area contributed by atoms with Gasteiger partial charge in [-0.2, -0.15) is 5.26 Å². The number of ether oxygens (including phenoxy) is 2. The lowest BCUT2D eigenvalue weighted by molar-refractivity contribution is -0.118. The lowest BCUT2D eigenvalue weighted by atomic mass is 9.68. The highest BCUT2D eigenvalue weighted by Gasteiger charge is 2.45. The van der Waals surface area contributed by atoms with Gasteiger partial charge >= 0.3 is 0 Å².